The van der Waals surface area contributed by atoms with E-state index in [0.717, 1.165) is 18.7 Å². The molecule has 0 aliphatic rings. The van der Waals surface area contributed by atoms with Crippen LogP contribution in [0.15, 0.2) is 6.07 Å². The molecule has 1 aromatic rings. The Morgan fingerprint density at radius 2 is 2.25 bits per heavy atom. The van der Waals surface area contributed by atoms with Crippen molar-refractivity contribution in [1.29, 1.82) is 0 Å². The first-order chi connectivity index (χ1) is 5.76. The highest BCUT2D eigenvalue weighted by Crippen LogP contribution is 2.10. The van der Waals surface area contributed by atoms with Crippen LogP contribution in [-0.4, -0.2) is 17.1 Å². The van der Waals surface area contributed by atoms with E-state index in [-0.39, 0.29) is 0 Å². The van der Waals surface area contributed by atoms with Gasteiger partial charge in [0.25, 0.3) is 0 Å². The number of nitrogen functional groups attached to an aromatic ring is 1. The molecule has 0 atom stereocenters. The lowest BCUT2D eigenvalue weighted by Crippen LogP contribution is -2.01. The van der Waals surface area contributed by atoms with Crippen molar-refractivity contribution in [1.82, 2.24) is 9.97 Å². The average Bonchev–Trinajstić information content (AvgIpc) is 2.04. The van der Waals surface area contributed by atoms with Crippen LogP contribution in [0, 0.1) is 0 Å². The summed E-state index contributed by atoms with van der Waals surface area (Å²) in [6.07, 6.45) is 1.84. The van der Waals surface area contributed by atoms with E-state index >= 15 is 0 Å². The van der Waals surface area contributed by atoms with E-state index in [1.165, 1.54) is 0 Å². The summed E-state index contributed by atoms with van der Waals surface area (Å²) >= 11 is 0. The van der Waals surface area contributed by atoms with Gasteiger partial charge in [0.05, 0.1) is 7.11 Å². The average molecular weight is 167 g/mol. The van der Waals surface area contributed by atoms with Gasteiger partial charge in [-0.1, -0.05) is 6.92 Å². The predicted octanol–water partition coefficient (Wildman–Crippen LogP) is 1.02. The number of nitrogens with two attached hydrogens (primary N) is 1. The lowest BCUT2D eigenvalue weighted by molar-refractivity contribution is 0.395. The maximum Gasteiger partial charge on any atom is 0.218 e. The Morgan fingerprint density at radius 1 is 1.50 bits per heavy atom. The van der Waals surface area contributed by atoms with Crippen molar-refractivity contribution in [2.24, 2.45) is 0 Å². The highest BCUT2D eigenvalue weighted by Gasteiger charge is 2.00. The maximum atomic E-state index is 5.53. The SMILES string of the molecule is CCCc1nc(N)cc(OC)n1. The molecule has 0 saturated heterocycles. The topological polar surface area (TPSA) is 61.0 Å². The Bertz CT molecular complexity index is 262. The summed E-state index contributed by atoms with van der Waals surface area (Å²) in [5.74, 6) is 1.74. The molecule has 1 heterocycles. The van der Waals surface area contributed by atoms with Crippen molar-refractivity contribution in [3.05, 3.63) is 11.9 Å². The summed E-state index contributed by atoms with van der Waals surface area (Å²) < 4.78 is 4.95. The molecular formula is C8H13N3O. The van der Waals surface area contributed by atoms with E-state index < -0.39 is 0 Å². The number of aromatic nitrogens is 2. The summed E-state index contributed by atoms with van der Waals surface area (Å²) in [5.41, 5.74) is 5.53. The molecule has 0 spiro atoms. The second-order valence-corrected chi connectivity index (χ2v) is 2.50. The smallest absolute Gasteiger partial charge is 0.218 e. The molecule has 66 valence electrons. The van der Waals surface area contributed by atoms with Gasteiger partial charge in [0.1, 0.15) is 11.6 Å². The molecule has 1 rings (SSSR count). The normalized spacial score (nSPS) is 9.83. The number of rotatable bonds is 3. The molecule has 12 heavy (non-hydrogen) atoms. The molecule has 1 aromatic heterocycles. The standard InChI is InChI=1S/C8H13N3O/c1-3-4-7-10-6(9)5-8(11-7)12-2/h5H,3-4H2,1-2H3,(H2,9,10,11). The molecule has 4 heteroatoms. The van der Waals surface area contributed by atoms with Gasteiger partial charge in [-0.3, -0.25) is 0 Å². The predicted molar refractivity (Wildman–Crippen MR) is 47.0 cm³/mol. The van der Waals surface area contributed by atoms with Crippen LogP contribution >= 0.6 is 0 Å². The van der Waals surface area contributed by atoms with Crippen LogP contribution in [0.1, 0.15) is 19.2 Å². The third-order valence-corrected chi connectivity index (χ3v) is 1.45. The van der Waals surface area contributed by atoms with Gasteiger partial charge in [0.2, 0.25) is 5.88 Å². The fourth-order valence-electron chi connectivity index (χ4n) is 0.932. The van der Waals surface area contributed by atoms with Crippen molar-refractivity contribution in [2.75, 3.05) is 12.8 Å². The van der Waals surface area contributed by atoms with Gasteiger partial charge in [0.15, 0.2) is 0 Å². The summed E-state index contributed by atoms with van der Waals surface area (Å²) in [5, 5.41) is 0. The number of hydrogen-bond donors (Lipinski definition) is 1. The van der Waals surface area contributed by atoms with E-state index in [0.29, 0.717) is 11.7 Å². The second-order valence-electron chi connectivity index (χ2n) is 2.50. The minimum absolute atomic E-state index is 0.463. The van der Waals surface area contributed by atoms with Crippen LogP contribution < -0.4 is 10.5 Å². The van der Waals surface area contributed by atoms with Crippen LogP contribution in [-0.2, 0) is 6.42 Å². The number of anilines is 1. The summed E-state index contributed by atoms with van der Waals surface area (Å²) in [4.78, 5) is 8.19. The zero-order chi connectivity index (χ0) is 8.97. The summed E-state index contributed by atoms with van der Waals surface area (Å²) in [6, 6.07) is 1.61. The Balaban J connectivity index is 2.90. The summed E-state index contributed by atoms with van der Waals surface area (Å²) in [7, 11) is 1.57. The molecule has 0 fully saturated rings. The van der Waals surface area contributed by atoms with Gasteiger partial charge in [-0.2, -0.15) is 4.98 Å². The fraction of sp³-hybridized carbons (Fsp3) is 0.500. The van der Waals surface area contributed by atoms with Gasteiger partial charge in [0, 0.05) is 12.5 Å². The quantitative estimate of drug-likeness (QED) is 0.730. The largest absolute Gasteiger partial charge is 0.481 e. The highest BCUT2D eigenvalue weighted by atomic mass is 16.5. The van der Waals surface area contributed by atoms with Crippen molar-refractivity contribution >= 4 is 5.82 Å². The van der Waals surface area contributed by atoms with Crippen LogP contribution in [0.4, 0.5) is 5.82 Å². The molecule has 0 amide bonds. The lowest BCUT2D eigenvalue weighted by Gasteiger charge is -2.02. The van der Waals surface area contributed by atoms with Crippen molar-refractivity contribution in [3.8, 4) is 5.88 Å². The number of nitrogens with zero attached hydrogens (tertiary/aromatic N) is 2. The molecule has 0 aliphatic carbocycles. The molecule has 0 unspecified atom stereocenters. The van der Waals surface area contributed by atoms with Gasteiger partial charge < -0.3 is 10.5 Å². The molecule has 0 saturated carbocycles. The van der Waals surface area contributed by atoms with Gasteiger partial charge in [-0.25, -0.2) is 4.98 Å². The van der Waals surface area contributed by atoms with Crippen LogP contribution in [0.3, 0.4) is 0 Å². The van der Waals surface area contributed by atoms with E-state index in [1.807, 2.05) is 0 Å². The van der Waals surface area contributed by atoms with Crippen molar-refractivity contribution in [3.63, 3.8) is 0 Å². The van der Waals surface area contributed by atoms with E-state index in [4.69, 9.17) is 10.5 Å². The Hall–Kier alpha value is -1.32. The van der Waals surface area contributed by atoms with E-state index in [9.17, 15) is 0 Å². The molecule has 0 aromatic carbocycles. The number of methoxy groups -OCH3 is 1. The maximum absolute atomic E-state index is 5.53. The lowest BCUT2D eigenvalue weighted by atomic mass is 10.3. The first-order valence-corrected chi connectivity index (χ1v) is 3.93. The zero-order valence-corrected chi connectivity index (χ0v) is 7.37. The molecule has 4 nitrogen and oxygen atoms in total. The molecule has 0 aliphatic heterocycles. The van der Waals surface area contributed by atoms with Crippen molar-refractivity contribution < 1.29 is 4.74 Å². The number of hydrogen-bond acceptors (Lipinski definition) is 4. The van der Waals surface area contributed by atoms with Gasteiger partial charge >= 0.3 is 0 Å². The third-order valence-electron chi connectivity index (χ3n) is 1.45. The molecule has 0 radical (unpaired) electrons. The van der Waals surface area contributed by atoms with E-state index in [1.54, 1.807) is 13.2 Å². The first-order valence-electron chi connectivity index (χ1n) is 3.93. The van der Waals surface area contributed by atoms with Gasteiger partial charge in [-0.05, 0) is 6.42 Å². The molecular weight excluding hydrogens is 154 g/mol. The Morgan fingerprint density at radius 3 is 2.83 bits per heavy atom. The zero-order valence-electron chi connectivity index (χ0n) is 7.37. The minimum Gasteiger partial charge on any atom is -0.481 e. The number of ether oxygens (including phenoxy) is 1. The second kappa shape index (κ2) is 3.90. The molecule has 0 bridgehead atoms. The van der Waals surface area contributed by atoms with Crippen molar-refractivity contribution in [2.45, 2.75) is 19.8 Å². The highest BCUT2D eigenvalue weighted by molar-refractivity contribution is 5.32. The Labute approximate surface area is 71.8 Å². The third kappa shape index (κ3) is 2.08. The van der Waals surface area contributed by atoms with Crippen LogP contribution in [0.5, 0.6) is 5.88 Å². The monoisotopic (exact) mass is 167 g/mol. The van der Waals surface area contributed by atoms with Gasteiger partial charge in [-0.15, -0.1) is 0 Å². The number of aryl methyl sites for hydroxylation is 1. The van der Waals surface area contributed by atoms with Crippen LogP contribution in [0.25, 0.3) is 0 Å². The summed E-state index contributed by atoms with van der Waals surface area (Å²) in [6.45, 7) is 2.07. The Kier molecular flexibility index (Phi) is 2.85. The first kappa shape index (κ1) is 8.77. The van der Waals surface area contributed by atoms with E-state index in [2.05, 4.69) is 16.9 Å². The van der Waals surface area contributed by atoms with Crippen LogP contribution in [0.2, 0.25) is 0 Å². The minimum atomic E-state index is 0.463. The molecule has 2 N–H and O–H groups in total. The fourth-order valence-corrected chi connectivity index (χ4v) is 0.932.